The summed E-state index contributed by atoms with van der Waals surface area (Å²) >= 11 is 0. The second kappa shape index (κ2) is 7.23. The number of rotatable bonds is 3. The largest absolute Gasteiger partial charge is 0.416 e. The number of nitrogens with zero attached hydrogens (tertiary/aromatic N) is 2. The molecule has 6 nitrogen and oxygen atoms in total. The first kappa shape index (κ1) is 21.1. The molecule has 0 fully saturated rings. The third kappa shape index (κ3) is 3.95. The van der Waals surface area contributed by atoms with E-state index in [1.54, 1.807) is 12.1 Å². The van der Waals surface area contributed by atoms with Crippen LogP contribution in [0.3, 0.4) is 0 Å². The maximum atomic E-state index is 13.0. The highest BCUT2D eigenvalue weighted by Crippen LogP contribution is 2.35. The third-order valence-corrected chi connectivity index (χ3v) is 6.72. The van der Waals surface area contributed by atoms with Gasteiger partial charge in [0.2, 0.25) is 0 Å². The Labute approximate surface area is 176 Å². The molecule has 0 saturated carbocycles. The fourth-order valence-corrected chi connectivity index (χ4v) is 5.02. The maximum Gasteiger partial charge on any atom is 0.416 e. The number of halogens is 3. The van der Waals surface area contributed by atoms with Crippen LogP contribution in [0.4, 0.5) is 19.0 Å². The van der Waals surface area contributed by atoms with Crippen molar-refractivity contribution in [2.45, 2.75) is 31.5 Å². The fraction of sp³-hybridized carbons (Fsp3) is 0.238. The summed E-state index contributed by atoms with van der Waals surface area (Å²) in [5.74, 6) is -1.20. The summed E-state index contributed by atoms with van der Waals surface area (Å²) in [5.41, 5.74) is 2.01. The van der Waals surface area contributed by atoms with Crippen LogP contribution in [0.15, 0.2) is 42.5 Å². The van der Waals surface area contributed by atoms with Crippen molar-refractivity contribution in [1.29, 1.82) is 0 Å². The number of amides is 1. The zero-order valence-electron chi connectivity index (χ0n) is 16.6. The Bertz CT molecular complexity index is 1310. The first-order valence-electron chi connectivity index (χ1n) is 9.33. The number of benzene rings is 2. The molecule has 31 heavy (non-hydrogen) atoms. The molecule has 0 aliphatic carbocycles. The number of hydrogen-bond acceptors (Lipinski definition) is 4. The van der Waals surface area contributed by atoms with Crippen LogP contribution in [0.2, 0.25) is 0 Å². The first-order valence-corrected chi connectivity index (χ1v) is 11.1. The Hall–Kier alpha value is -3.14. The van der Waals surface area contributed by atoms with Crippen LogP contribution in [0.1, 0.15) is 38.3 Å². The lowest BCUT2D eigenvalue weighted by atomic mass is 10.1. The first-order chi connectivity index (χ1) is 14.5. The second-order valence-corrected chi connectivity index (χ2v) is 9.53. The smallest absolute Gasteiger partial charge is 0.306 e. The van der Waals surface area contributed by atoms with Gasteiger partial charge < -0.3 is 5.32 Å². The van der Waals surface area contributed by atoms with Crippen LogP contribution < -0.4 is 5.32 Å². The standard InChI is InChI=1S/C21H18F3N3O3S/c1-12-5-3-8-18(13(12)2)27-19(16-10-31(29,30)11-17(16)26-27)25-20(28)14-6-4-7-15(9-14)21(22,23)24/h3-9H,10-11H2,1-2H3,(H,25,28). The van der Waals surface area contributed by atoms with Gasteiger partial charge in [-0.25, -0.2) is 13.1 Å². The van der Waals surface area contributed by atoms with Crippen molar-refractivity contribution in [3.8, 4) is 5.69 Å². The Morgan fingerprint density at radius 1 is 1.10 bits per heavy atom. The highest BCUT2D eigenvalue weighted by atomic mass is 32.2. The molecule has 1 N–H and O–H groups in total. The number of carbonyl (C=O) groups excluding carboxylic acids is 1. The topological polar surface area (TPSA) is 81.1 Å². The van der Waals surface area contributed by atoms with E-state index in [0.717, 1.165) is 29.3 Å². The van der Waals surface area contributed by atoms with E-state index in [4.69, 9.17) is 0 Å². The van der Waals surface area contributed by atoms with Gasteiger partial charge in [0, 0.05) is 11.1 Å². The zero-order valence-corrected chi connectivity index (χ0v) is 17.4. The van der Waals surface area contributed by atoms with Gasteiger partial charge in [0.1, 0.15) is 5.82 Å². The van der Waals surface area contributed by atoms with E-state index < -0.39 is 27.5 Å². The van der Waals surface area contributed by atoms with Crippen LogP contribution in [0, 0.1) is 13.8 Å². The number of fused-ring (bicyclic) bond motifs is 1. The van der Waals surface area contributed by atoms with Crippen molar-refractivity contribution in [3.05, 3.63) is 76.0 Å². The van der Waals surface area contributed by atoms with E-state index in [-0.39, 0.29) is 22.9 Å². The van der Waals surface area contributed by atoms with Crippen molar-refractivity contribution in [2.24, 2.45) is 0 Å². The molecule has 4 rings (SSSR count). The Morgan fingerprint density at radius 2 is 1.81 bits per heavy atom. The van der Waals surface area contributed by atoms with Gasteiger partial charge in [-0.2, -0.15) is 18.3 Å². The minimum Gasteiger partial charge on any atom is -0.306 e. The van der Waals surface area contributed by atoms with Crippen LogP contribution >= 0.6 is 0 Å². The predicted molar refractivity (Wildman–Crippen MR) is 109 cm³/mol. The van der Waals surface area contributed by atoms with Gasteiger partial charge in [-0.3, -0.25) is 4.79 Å². The van der Waals surface area contributed by atoms with E-state index in [1.165, 1.54) is 10.7 Å². The van der Waals surface area contributed by atoms with Gasteiger partial charge in [-0.1, -0.05) is 18.2 Å². The molecular formula is C21H18F3N3O3S. The number of carbonyl (C=O) groups is 1. The second-order valence-electron chi connectivity index (χ2n) is 7.47. The minimum absolute atomic E-state index is 0.146. The monoisotopic (exact) mass is 449 g/mol. The lowest BCUT2D eigenvalue weighted by Crippen LogP contribution is -2.18. The average molecular weight is 449 g/mol. The molecule has 10 heteroatoms. The number of sulfone groups is 1. The molecule has 162 valence electrons. The lowest BCUT2D eigenvalue weighted by Gasteiger charge is -2.15. The Kier molecular flexibility index (Phi) is 4.92. The van der Waals surface area contributed by atoms with Crippen LogP contribution in [-0.4, -0.2) is 24.1 Å². The molecule has 0 saturated heterocycles. The normalized spacial score (nSPS) is 15.0. The highest BCUT2D eigenvalue weighted by molar-refractivity contribution is 7.90. The molecule has 1 amide bonds. The van der Waals surface area contributed by atoms with Gasteiger partial charge in [-0.05, 0) is 49.2 Å². The van der Waals surface area contributed by atoms with Gasteiger partial charge in [0.25, 0.3) is 5.91 Å². The molecule has 2 heterocycles. The van der Waals surface area contributed by atoms with Gasteiger partial charge in [0.15, 0.2) is 9.84 Å². The molecule has 3 aromatic rings. The summed E-state index contributed by atoms with van der Waals surface area (Å²) in [6, 6.07) is 9.53. The van der Waals surface area contributed by atoms with Crippen molar-refractivity contribution in [3.63, 3.8) is 0 Å². The number of aromatic nitrogens is 2. The summed E-state index contributed by atoms with van der Waals surface area (Å²) in [6.45, 7) is 3.77. The van der Waals surface area contributed by atoms with Gasteiger partial charge >= 0.3 is 6.18 Å². The lowest BCUT2D eigenvalue weighted by molar-refractivity contribution is -0.137. The maximum absolute atomic E-state index is 13.0. The van der Waals surface area contributed by atoms with Crippen LogP contribution in [0.25, 0.3) is 5.69 Å². The van der Waals surface area contributed by atoms with Crippen molar-refractivity contribution < 1.29 is 26.4 Å². The Balaban J connectivity index is 1.79. The molecule has 1 aliphatic rings. The molecular weight excluding hydrogens is 431 g/mol. The van der Waals surface area contributed by atoms with E-state index in [9.17, 15) is 26.4 Å². The van der Waals surface area contributed by atoms with Gasteiger partial charge in [0.05, 0.1) is 28.5 Å². The number of alkyl halides is 3. The molecule has 2 aromatic carbocycles. The molecule has 0 atom stereocenters. The number of aryl methyl sites for hydroxylation is 1. The van der Waals surface area contributed by atoms with Crippen molar-refractivity contribution in [1.82, 2.24) is 9.78 Å². The predicted octanol–water partition coefficient (Wildman–Crippen LogP) is 4.19. The van der Waals surface area contributed by atoms with E-state index >= 15 is 0 Å². The molecule has 0 radical (unpaired) electrons. The third-order valence-electron chi connectivity index (χ3n) is 5.28. The minimum atomic E-state index is -4.59. The van der Waals surface area contributed by atoms with Crippen molar-refractivity contribution in [2.75, 3.05) is 5.32 Å². The fourth-order valence-electron chi connectivity index (χ4n) is 3.53. The van der Waals surface area contributed by atoms with E-state index in [0.29, 0.717) is 16.9 Å². The van der Waals surface area contributed by atoms with E-state index in [1.807, 2.05) is 19.9 Å². The summed E-state index contributed by atoms with van der Waals surface area (Å²) in [5, 5.41) is 7.00. The Morgan fingerprint density at radius 3 is 2.52 bits per heavy atom. The summed E-state index contributed by atoms with van der Waals surface area (Å²) in [6.07, 6.45) is -4.59. The van der Waals surface area contributed by atoms with Crippen LogP contribution in [0.5, 0.6) is 0 Å². The number of anilines is 1. The quantitative estimate of drug-likeness (QED) is 0.650. The van der Waals surface area contributed by atoms with Crippen LogP contribution in [-0.2, 0) is 27.5 Å². The summed E-state index contributed by atoms with van der Waals surface area (Å²) < 4.78 is 64.7. The summed E-state index contributed by atoms with van der Waals surface area (Å²) in [7, 11) is -3.40. The number of hydrogen-bond donors (Lipinski definition) is 1. The zero-order chi connectivity index (χ0) is 22.6. The SMILES string of the molecule is Cc1cccc(-n2nc3c(c2NC(=O)c2cccc(C(F)(F)F)c2)CS(=O)(=O)C3)c1C. The van der Waals surface area contributed by atoms with E-state index in [2.05, 4.69) is 10.4 Å². The molecule has 1 aromatic heterocycles. The average Bonchev–Trinajstić information content (AvgIpc) is 3.16. The molecule has 0 unspecified atom stereocenters. The molecule has 0 spiro atoms. The molecule has 0 bridgehead atoms. The van der Waals surface area contributed by atoms with Gasteiger partial charge in [-0.15, -0.1) is 0 Å². The summed E-state index contributed by atoms with van der Waals surface area (Å²) in [4.78, 5) is 12.8. The highest BCUT2D eigenvalue weighted by Gasteiger charge is 2.34. The number of nitrogens with one attached hydrogen (secondary N) is 1. The molecule has 1 aliphatic heterocycles. The van der Waals surface area contributed by atoms with Crippen molar-refractivity contribution >= 4 is 21.6 Å².